The molecule has 1 fully saturated rings. The van der Waals surface area contributed by atoms with Crippen LogP contribution in [0.3, 0.4) is 0 Å². The van der Waals surface area contributed by atoms with Crippen LogP contribution in [0.25, 0.3) is 0 Å². The number of carboxylic acid groups (broad SMARTS) is 1. The van der Waals surface area contributed by atoms with E-state index in [4.69, 9.17) is 5.11 Å². The zero-order valence-corrected chi connectivity index (χ0v) is 9.47. The van der Waals surface area contributed by atoms with E-state index in [1.165, 1.54) is 5.56 Å². The van der Waals surface area contributed by atoms with E-state index in [1.54, 1.807) is 0 Å². The fraction of sp³-hybridized carbons (Fsp3) is 0.462. The lowest BCUT2D eigenvalue weighted by Gasteiger charge is -2.27. The molecule has 1 aliphatic carbocycles. The largest absolute Gasteiger partial charge is 0.480 e. The first-order valence-electron chi connectivity index (χ1n) is 5.71. The molecule has 0 saturated heterocycles. The summed E-state index contributed by atoms with van der Waals surface area (Å²) >= 11 is 0. The van der Waals surface area contributed by atoms with Crippen molar-refractivity contribution in [1.29, 1.82) is 0 Å². The molecule has 1 N–H and O–H groups in total. The van der Waals surface area contributed by atoms with Crippen molar-refractivity contribution in [2.45, 2.75) is 31.8 Å². The highest BCUT2D eigenvalue weighted by Gasteiger charge is 2.33. The predicted octanol–water partition coefficient (Wildman–Crippen LogP) is 2.30. The van der Waals surface area contributed by atoms with Crippen LogP contribution in [0, 0.1) is 0 Å². The Labute approximate surface area is 95.7 Å². The summed E-state index contributed by atoms with van der Waals surface area (Å²) in [7, 11) is 0. The third-order valence-electron chi connectivity index (χ3n) is 3.11. The van der Waals surface area contributed by atoms with E-state index >= 15 is 0 Å². The molecule has 0 spiro atoms. The third-order valence-corrected chi connectivity index (χ3v) is 3.11. The third kappa shape index (κ3) is 2.61. The van der Waals surface area contributed by atoms with Crippen molar-refractivity contribution in [3.8, 4) is 0 Å². The second-order valence-electron chi connectivity index (χ2n) is 4.38. The molecule has 0 bridgehead atoms. The van der Waals surface area contributed by atoms with Crippen LogP contribution < -0.4 is 0 Å². The van der Waals surface area contributed by atoms with Crippen LogP contribution in [-0.2, 0) is 4.79 Å². The van der Waals surface area contributed by atoms with Gasteiger partial charge in [-0.2, -0.15) is 0 Å². The smallest absolute Gasteiger partial charge is 0.317 e. The Kier molecular flexibility index (Phi) is 3.25. The van der Waals surface area contributed by atoms with Gasteiger partial charge in [0.2, 0.25) is 0 Å². The van der Waals surface area contributed by atoms with Gasteiger partial charge in [-0.3, -0.25) is 9.69 Å². The lowest BCUT2D eigenvalue weighted by molar-refractivity contribution is -0.139. The quantitative estimate of drug-likeness (QED) is 0.826. The minimum atomic E-state index is -0.741. The monoisotopic (exact) mass is 219 g/mol. The highest BCUT2D eigenvalue weighted by atomic mass is 16.4. The van der Waals surface area contributed by atoms with E-state index in [2.05, 4.69) is 24.0 Å². The summed E-state index contributed by atoms with van der Waals surface area (Å²) in [5.74, 6) is -0.741. The SMILES string of the molecule is CC(c1ccccc1)N(CC(=O)O)C1CC1. The minimum absolute atomic E-state index is 0.140. The Morgan fingerprint density at radius 3 is 2.56 bits per heavy atom. The first-order valence-corrected chi connectivity index (χ1v) is 5.71. The van der Waals surface area contributed by atoms with Gasteiger partial charge in [0.25, 0.3) is 0 Å². The summed E-state index contributed by atoms with van der Waals surface area (Å²) in [5, 5.41) is 8.91. The van der Waals surface area contributed by atoms with Crippen LogP contribution >= 0.6 is 0 Å². The number of nitrogens with zero attached hydrogens (tertiary/aromatic N) is 1. The standard InChI is InChI=1S/C13H17NO2/c1-10(11-5-3-2-4-6-11)14(9-13(15)16)12-7-8-12/h2-6,10,12H,7-9H2,1H3,(H,15,16). The summed E-state index contributed by atoms with van der Waals surface area (Å²) in [4.78, 5) is 12.9. The molecule has 1 unspecified atom stereocenters. The maximum absolute atomic E-state index is 10.8. The van der Waals surface area contributed by atoms with E-state index in [-0.39, 0.29) is 12.6 Å². The normalized spacial score (nSPS) is 17.4. The van der Waals surface area contributed by atoms with Gasteiger partial charge in [-0.1, -0.05) is 30.3 Å². The second kappa shape index (κ2) is 4.66. The molecule has 16 heavy (non-hydrogen) atoms. The Morgan fingerprint density at radius 1 is 1.44 bits per heavy atom. The summed E-state index contributed by atoms with van der Waals surface area (Å²) in [6.45, 7) is 2.22. The number of carbonyl (C=O) groups is 1. The number of rotatable bonds is 5. The van der Waals surface area contributed by atoms with E-state index in [0.29, 0.717) is 6.04 Å². The van der Waals surface area contributed by atoms with Crippen molar-refractivity contribution < 1.29 is 9.90 Å². The highest BCUT2D eigenvalue weighted by Crippen LogP contribution is 2.33. The Morgan fingerprint density at radius 2 is 2.06 bits per heavy atom. The molecule has 1 aromatic carbocycles. The van der Waals surface area contributed by atoms with Crippen LogP contribution in [0.5, 0.6) is 0 Å². The van der Waals surface area contributed by atoms with Gasteiger partial charge < -0.3 is 5.11 Å². The summed E-state index contributed by atoms with van der Waals surface area (Å²) in [6, 6.07) is 10.7. The van der Waals surface area contributed by atoms with Gasteiger partial charge in [0.15, 0.2) is 0 Å². The van der Waals surface area contributed by atoms with Gasteiger partial charge in [0.1, 0.15) is 0 Å². The fourth-order valence-electron chi connectivity index (χ4n) is 2.07. The zero-order valence-electron chi connectivity index (χ0n) is 9.47. The topological polar surface area (TPSA) is 40.5 Å². The molecule has 1 saturated carbocycles. The average Bonchev–Trinajstić information content (AvgIpc) is 3.10. The van der Waals surface area contributed by atoms with Crippen LogP contribution in [0.4, 0.5) is 0 Å². The molecule has 86 valence electrons. The summed E-state index contributed by atoms with van der Waals surface area (Å²) < 4.78 is 0. The molecule has 0 heterocycles. The maximum atomic E-state index is 10.8. The molecular weight excluding hydrogens is 202 g/mol. The Bertz CT molecular complexity index is 359. The van der Waals surface area contributed by atoms with Crippen molar-refractivity contribution in [1.82, 2.24) is 4.90 Å². The Balaban J connectivity index is 2.10. The van der Waals surface area contributed by atoms with E-state index < -0.39 is 5.97 Å². The molecule has 1 aliphatic rings. The number of hydrogen-bond donors (Lipinski definition) is 1. The van der Waals surface area contributed by atoms with Gasteiger partial charge in [-0.15, -0.1) is 0 Å². The van der Waals surface area contributed by atoms with Crippen molar-refractivity contribution in [3.63, 3.8) is 0 Å². The molecule has 3 nitrogen and oxygen atoms in total. The molecule has 1 atom stereocenters. The van der Waals surface area contributed by atoms with Gasteiger partial charge >= 0.3 is 5.97 Å². The summed E-state index contributed by atoms with van der Waals surface area (Å²) in [5.41, 5.74) is 1.19. The number of aliphatic carboxylic acids is 1. The van der Waals surface area contributed by atoms with E-state index in [9.17, 15) is 4.79 Å². The van der Waals surface area contributed by atoms with E-state index in [1.807, 2.05) is 18.2 Å². The minimum Gasteiger partial charge on any atom is -0.480 e. The van der Waals surface area contributed by atoms with Crippen molar-refractivity contribution >= 4 is 5.97 Å². The van der Waals surface area contributed by atoms with Crippen molar-refractivity contribution in [2.75, 3.05) is 6.54 Å². The van der Waals surface area contributed by atoms with Gasteiger partial charge in [-0.25, -0.2) is 0 Å². The van der Waals surface area contributed by atoms with Crippen molar-refractivity contribution in [3.05, 3.63) is 35.9 Å². The first-order chi connectivity index (χ1) is 7.68. The van der Waals surface area contributed by atoms with Crippen LogP contribution in [-0.4, -0.2) is 28.6 Å². The van der Waals surface area contributed by atoms with Gasteiger partial charge in [0, 0.05) is 12.1 Å². The molecule has 0 aliphatic heterocycles. The lowest BCUT2D eigenvalue weighted by Crippen LogP contribution is -2.34. The second-order valence-corrected chi connectivity index (χ2v) is 4.38. The maximum Gasteiger partial charge on any atom is 0.317 e. The average molecular weight is 219 g/mol. The summed E-state index contributed by atoms with van der Waals surface area (Å²) in [6.07, 6.45) is 2.26. The van der Waals surface area contributed by atoms with Gasteiger partial charge in [0.05, 0.1) is 6.54 Å². The van der Waals surface area contributed by atoms with Gasteiger partial charge in [-0.05, 0) is 25.3 Å². The molecule has 1 aromatic rings. The molecular formula is C13H17NO2. The van der Waals surface area contributed by atoms with Crippen LogP contribution in [0.15, 0.2) is 30.3 Å². The molecule has 0 aromatic heterocycles. The number of hydrogen-bond acceptors (Lipinski definition) is 2. The molecule has 0 amide bonds. The molecule has 2 rings (SSSR count). The first kappa shape index (κ1) is 11.1. The highest BCUT2D eigenvalue weighted by molar-refractivity contribution is 5.69. The number of carboxylic acids is 1. The fourth-order valence-corrected chi connectivity index (χ4v) is 2.07. The lowest BCUT2D eigenvalue weighted by atomic mass is 10.1. The Hall–Kier alpha value is -1.35. The van der Waals surface area contributed by atoms with Crippen LogP contribution in [0.1, 0.15) is 31.4 Å². The zero-order chi connectivity index (χ0) is 11.5. The number of benzene rings is 1. The van der Waals surface area contributed by atoms with E-state index in [0.717, 1.165) is 12.8 Å². The van der Waals surface area contributed by atoms with Crippen molar-refractivity contribution in [2.24, 2.45) is 0 Å². The molecule has 0 radical (unpaired) electrons. The molecule has 3 heteroatoms. The van der Waals surface area contributed by atoms with Crippen LogP contribution in [0.2, 0.25) is 0 Å². The predicted molar refractivity (Wildman–Crippen MR) is 62.2 cm³/mol.